The third kappa shape index (κ3) is 1.48. The van der Waals surface area contributed by atoms with Gasteiger partial charge in [-0.1, -0.05) is 0 Å². The second kappa shape index (κ2) is 3.81. The van der Waals surface area contributed by atoms with Crippen LogP contribution in [0.25, 0.3) is 0 Å². The number of nitrogen functional groups attached to an aromatic ring is 1. The number of nitrogens with zero attached hydrogens (tertiary/aromatic N) is 3. The molecule has 1 saturated heterocycles. The minimum atomic E-state index is -0.249. The molecule has 0 aromatic carbocycles. The molecule has 1 fully saturated rings. The summed E-state index contributed by atoms with van der Waals surface area (Å²) >= 11 is 0. The molecule has 17 heavy (non-hydrogen) atoms. The van der Waals surface area contributed by atoms with Gasteiger partial charge in [0.05, 0.1) is 5.56 Å². The molecule has 0 spiro atoms. The van der Waals surface area contributed by atoms with Crippen molar-refractivity contribution in [2.45, 2.75) is 26.3 Å². The Kier molecular flexibility index (Phi) is 2.58. The fourth-order valence-electron chi connectivity index (χ4n) is 2.44. The van der Waals surface area contributed by atoms with Crippen LogP contribution in [-0.2, 0) is 4.79 Å². The zero-order valence-electron chi connectivity index (χ0n) is 10.3. The third-order valence-electron chi connectivity index (χ3n) is 3.62. The van der Waals surface area contributed by atoms with Crippen LogP contribution >= 0.6 is 0 Å². The van der Waals surface area contributed by atoms with Gasteiger partial charge in [-0.05, 0) is 25.8 Å². The predicted octanol–water partition coefficient (Wildman–Crippen LogP) is 0.962. The van der Waals surface area contributed by atoms with E-state index in [4.69, 9.17) is 11.0 Å². The van der Waals surface area contributed by atoms with E-state index in [1.54, 1.807) is 16.5 Å². The second-order valence-corrected chi connectivity index (χ2v) is 4.52. The van der Waals surface area contributed by atoms with E-state index in [0.29, 0.717) is 11.4 Å². The van der Waals surface area contributed by atoms with Crippen molar-refractivity contribution in [3.8, 4) is 6.07 Å². The quantitative estimate of drug-likeness (QED) is 0.783. The van der Waals surface area contributed by atoms with Crippen molar-refractivity contribution >= 4 is 11.7 Å². The van der Waals surface area contributed by atoms with E-state index >= 15 is 0 Å². The summed E-state index contributed by atoms with van der Waals surface area (Å²) < 4.78 is 1.81. The Morgan fingerprint density at radius 1 is 1.47 bits per heavy atom. The zero-order chi connectivity index (χ0) is 12.7. The van der Waals surface area contributed by atoms with Crippen molar-refractivity contribution in [2.75, 3.05) is 19.3 Å². The van der Waals surface area contributed by atoms with E-state index in [-0.39, 0.29) is 11.9 Å². The zero-order valence-corrected chi connectivity index (χ0v) is 10.3. The van der Waals surface area contributed by atoms with E-state index in [1.807, 2.05) is 13.8 Å². The number of nitrogens with two attached hydrogens (primary N) is 1. The fourth-order valence-corrected chi connectivity index (χ4v) is 2.44. The summed E-state index contributed by atoms with van der Waals surface area (Å²) in [6, 6.07) is 1.85. The number of carbonyl (C=O) groups excluding carboxylic acids is 1. The molecule has 0 saturated carbocycles. The van der Waals surface area contributed by atoms with Gasteiger partial charge in [0.1, 0.15) is 17.9 Å². The van der Waals surface area contributed by atoms with Crippen molar-refractivity contribution in [1.82, 2.24) is 9.47 Å². The second-order valence-electron chi connectivity index (χ2n) is 4.52. The molecule has 1 aromatic rings. The van der Waals surface area contributed by atoms with Gasteiger partial charge < -0.3 is 15.2 Å². The van der Waals surface area contributed by atoms with E-state index in [1.165, 1.54) is 0 Å². The van der Waals surface area contributed by atoms with E-state index in [2.05, 4.69) is 6.07 Å². The van der Waals surface area contributed by atoms with Crippen molar-refractivity contribution in [1.29, 1.82) is 5.26 Å². The largest absolute Gasteiger partial charge is 0.384 e. The van der Waals surface area contributed by atoms with E-state index in [0.717, 1.165) is 24.2 Å². The van der Waals surface area contributed by atoms with Gasteiger partial charge in [-0.3, -0.25) is 4.79 Å². The first-order valence-electron chi connectivity index (χ1n) is 5.61. The summed E-state index contributed by atoms with van der Waals surface area (Å²) in [5.41, 5.74) is 8.24. The Hall–Kier alpha value is -1.96. The van der Waals surface area contributed by atoms with Crippen LogP contribution in [-0.4, -0.2) is 29.0 Å². The van der Waals surface area contributed by atoms with Crippen LogP contribution in [0.1, 0.15) is 29.3 Å². The highest BCUT2D eigenvalue weighted by Crippen LogP contribution is 2.32. The van der Waals surface area contributed by atoms with Crippen LogP contribution in [0, 0.1) is 25.2 Å². The number of likely N-dealkylation sites (tertiary alicyclic amines) is 1. The van der Waals surface area contributed by atoms with Gasteiger partial charge in [-0.15, -0.1) is 0 Å². The van der Waals surface area contributed by atoms with Crippen molar-refractivity contribution in [3.63, 3.8) is 0 Å². The number of likely N-dealkylation sites (N-methyl/N-ethyl adjacent to an activating group) is 1. The number of hydrogen-bond acceptors (Lipinski definition) is 3. The van der Waals surface area contributed by atoms with E-state index in [9.17, 15) is 4.79 Å². The van der Waals surface area contributed by atoms with Crippen LogP contribution in [0.3, 0.4) is 0 Å². The Morgan fingerprint density at radius 2 is 2.12 bits per heavy atom. The number of anilines is 1. The first-order chi connectivity index (χ1) is 7.99. The number of hydrogen-bond donors (Lipinski definition) is 1. The summed E-state index contributed by atoms with van der Waals surface area (Å²) in [4.78, 5) is 13.7. The first kappa shape index (κ1) is 11.5. The van der Waals surface area contributed by atoms with Crippen molar-refractivity contribution in [2.24, 2.45) is 0 Å². The molecule has 0 aliphatic carbocycles. The molecule has 90 valence electrons. The highest BCUT2D eigenvalue weighted by atomic mass is 16.2. The maximum absolute atomic E-state index is 12.0. The summed E-state index contributed by atoms with van der Waals surface area (Å²) in [6.45, 7) is 4.50. The smallest absolute Gasteiger partial charge is 0.245 e. The third-order valence-corrected chi connectivity index (χ3v) is 3.62. The molecule has 1 aliphatic heterocycles. The molecule has 1 amide bonds. The molecule has 1 unspecified atom stereocenters. The molecule has 5 nitrogen and oxygen atoms in total. The molecular formula is C12H16N4O. The Bertz CT molecular complexity index is 524. The number of aromatic nitrogens is 1. The average molecular weight is 232 g/mol. The summed E-state index contributed by atoms with van der Waals surface area (Å²) in [5.74, 6) is 0.482. The Balaban J connectivity index is 2.55. The highest BCUT2D eigenvalue weighted by Gasteiger charge is 2.33. The number of nitriles is 1. The van der Waals surface area contributed by atoms with Gasteiger partial charge in [0, 0.05) is 19.3 Å². The van der Waals surface area contributed by atoms with Gasteiger partial charge in [0.25, 0.3) is 0 Å². The van der Waals surface area contributed by atoms with Crippen LogP contribution in [0.15, 0.2) is 0 Å². The van der Waals surface area contributed by atoms with E-state index < -0.39 is 0 Å². The van der Waals surface area contributed by atoms with Gasteiger partial charge in [0.2, 0.25) is 5.91 Å². The minimum Gasteiger partial charge on any atom is -0.384 e. The lowest BCUT2D eigenvalue weighted by Gasteiger charge is -2.16. The Morgan fingerprint density at radius 3 is 2.53 bits per heavy atom. The molecule has 1 aromatic heterocycles. The minimum absolute atomic E-state index is 0.0688. The lowest BCUT2D eigenvalue weighted by molar-refractivity contribution is -0.129. The molecular weight excluding hydrogens is 216 g/mol. The molecule has 1 atom stereocenters. The van der Waals surface area contributed by atoms with Gasteiger partial charge in [0.15, 0.2) is 0 Å². The van der Waals surface area contributed by atoms with Crippen molar-refractivity contribution < 1.29 is 4.79 Å². The van der Waals surface area contributed by atoms with Gasteiger partial charge >= 0.3 is 0 Å². The first-order valence-corrected chi connectivity index (χ1v) is 5.61. The number of rotatable bonds is 1. The summed E-state index contributed by atoms with van der Waals surface area (Å²) in [5, 5.41) is 9.06. The summed E-state index contributed by atoms with van der Waals surface area (Å²) in [6.07, 6.45) is 0.749. The maximum atomic E-state index is 12.0. The predicted molar refractivity (Wildman–Crippen MR) is 64.3 cm³/mol. The van der Waals surface area contributed by atoms with Crippen LogP contribution in [0.2, 0.25) is 0 Å². The maximum Gasteiger partial charge on any atom is 0.245 e. The lowest BCUT2D eigenvalue weighted by atomic mass is 10.2. The van der Waals surface area contributed by atoms with Crippen molar-refractivity contribution in [3.05, 3.63) is 16.8 Å². The number of carbonyl (C=O) groups is 1. The molecule has 0 bridgehead atoms. The Labute approximate surface area is 100 Å². The monoisotopic (exact) mass is 232 g/mol. The molecule has 1 aliphatic rings. The van der Waals surface area contributed by atoms with Crippen LogP contribution in [0.4, 0.5) is 5.82 Å². The van der Waals surface area contributed by atoms with Crippen LogP contribution in [0.5, 0.6) is 0 Å². The molecule has 0 radical (unpaired) electrons. The number of amides is 1. The molecule has 2 N–H and O–H groups in total. The molecule has 2 rings (SSSR count). The fraction of sp³-hybridized carbons (Fsp3) is 0.500. The van der Waals surface area contributed by atoms with Gasteiger partial charge in [-0.25, -0.2) is 0 Å². The highest BCUT2D eigenvalue weighted by molar-refractivity contribution is 5.83. The molecule has 5 heteroatoms. The topological polar surface area (TPSA) is 75.1 Å². The van der Waals surface area contributed by atoms with Gasteiger partial charge in [-0.2, -0.15) is 5.26 Å². The summed E-state index contributed by atoms with van der Waals surface area (Å²) in [7, 11) is 1.79. The molecule has 2 heterocycles. The van der Waals surface area contributed by atoms with Crippen LogP contribution < -0.4 is 5.73 Å². The standard InChI is InChI=1S/C12H16N4O/c1-7-8(2)16(11(14)9(7)6-13)10-4-5-15(3)12(10)17/h10H,4-5,14H2,1-3H3. The normalized spacial score (nSPS) is 19.8. The SMILES string of the molecule is Cc1c(C#N)c(N)n(C2CCN(C)C2=O)c1C. The lowest BCUT2D eigenvalue weighted by Crippen LogP contribution is -2.25. The average Bonchev–Trinajstić information content (AvgIpc) is 2.71.